The van der Waals surface area contributed by atoms with Crippen molar-refractivity contribution in [1.29, 1.82) is 0 Å². The molecule has 1 aliphatic rings. The molecule has 3 atom stereocenters. The van der Waals surface area contributed by atoms with Crippen molar-refractivity contribution >= 4 is 0 Å². The first-order valence-corrected chi connectivity index (χ1v) is 7.58. The number of rotatable bonds is 7. The number of hydrogen-bond donors (Lipinski definition) is 1. The summed E-state index contributed by atoms with van der Waals surface area (Å²) < 4.78 is 7.82. The van der Waals surface area contributed by atoms with Gasteiger partial charge in [-0.25, -0.2) is 0 Å². The van der Waals surface area contributed by atoms with Gasteiger partial charge in [-0.05, 0) is 38.3 Å². The van der Waals surface area contributed by atoms with Crippen molar-refractivity contribution in [3.63, 3.8) is 0 Å². The molecule has 4 heteroatoms. The van der Waals surface area contributed by atoms with Gasteiger partial charge in [0.2, 0.25) is 0 Å². The number of nitrogens with zero attached hydrogens (tertiary/aromatic N) is 2. The maximum atomic E-state index is 5.85. The Morgan fingerprint density at radius 1 is 1.53 bits per heavy atom. The fourth-order valence-corrected chi connectivity index (χ4v) is 3.23. The summed E-state index contributed by atoms with van der Waals surface area (Å²) in [6.45, 7) is 6.38. The molecule has 0 amide bonds. The number of aryl methyl sites for hydroxylation is 2. The van der Waals surface area contributed by atoms with E-state index in [9.17, 15) is 0 Å². The molecule has 2 rings (SSSR count). The van der Waals surface area contributed by atoms with Crippen LogP contribution in [0.3, 0.4) is 0 Å². The second kappa shape index (κ2) is 7.06. The zero-order valence-corrected chi connectivity index (χ0v) is 12.4. The third-order valence-electron chi connectivity index (χ3n) is 4.28. The number of nitrogens with one attached hydrogen (secondary N) is 1. The van der Waals surface area contributed by atoms with E-state index in [1.807, 2.05) is 17.9 Å². The fourth-order valence-electron chi connectivity index (χ4n) is 3.23. The van der Waals surface area contributed by atoms with Crippen molar-refractivity contribution in [1.82, 2.24) is 15.1 Å². The molecular weight excluding hydrogens is 238 g/mol. The number of hydrogen-bond acceptors (Lipinski definition) is 3. The molecule has 108 valence electrons. The lowest BCUT2D eigenvalue weighted by atomic mass is 9.88. The van der Waals surface area contributed by atoms with Gasteiger partial charge in [0.25, 0.3) is 0 Å². The Kier molecular flexibility index (Phi) is 5.40. The second-order valence-electron chi connectivity index (χ2n) is 5.42. The lowest BCUT2D eigenvalue weighted by Crippen LogP contribution is -2.40. The summed E-state index contributed by atoms with van der Waals surface area (Å²) in [6, 6.07) is 2.68. The molecule has 1 aromatic heterocycles. The van der Waals surface area contributed by atoms with Gasteiger partial charge < -0.3 is 10.1 Å². The van der Waals surface area contributed by atoms with Crippen molar-refractivity contribution in [2.24, 2.45) is 13.0 Å². The molecule has 0 saturated carbocycles. The molecule has 1 fully saturated rings. The van der Waals surface area contributed by atoms with E-state index in [-0.39, 0.29) is 0 Å². The lowest BCUT2D eigenvalue weighted by molar-refractivity contribution is 0.0766. The van der Waals surface area contributed by atoms with Crippen LogP contribution >= 0.6 is 0 Å². The Bertz CT molecular complexity index is 377. The van der Waals surface area contributed by atoms with Crippen LogP contribution in [0.25, 0.3) is 0 Å². The molecule has 2 heterocycles. The van der Waals surface area contributed by atoms with Crippen LogP contribution in [0.2, 0.25) is 0 Å². The van der Waals surface area contributed by atoms with Gasteiger partial charge in [0, 0.05) is 37.5 Å². The summed E-state index contributed by atoms with van der Waals surface area (Å²) in [4.78, 5) is 0. The van der Waals surface area contributed by atoms with Crippen LogP contribution in [0.15, 0.2) is 12.3 Å². The normalized spacial score (nSPS) is 24.8. The van der Waals surface area contributed by atoms with Gasteiger partial charge in [-0.2, -0.15) is 5.10 Å². The van der Waals surface area contributed by atoms with E-state index in [4.69, 9.17) is 4.74 Å². The first kappa shape index (κ1) is 14.5. The minimum Gasteiger partial charge on any atom is -0.378 e. The predicted octanol–water partition coefficient (Wildman–Crippen LogP) is 2.15. The molecule has 0 aromatic carbocycles. The largest absolute Gasteiger partial charge is 0.378 e. The van der Waals surface area contributed by atoms with E-state index in [1.165, 1.54) is 12.1 Å². The van der Waals surface area contributed by atoms with Crippen molar-refractivity contribution < 1.29 is 4.74 Å². The van der Waals surface area contributed by atoms with Crippen molar-refractivity contribution in [3.8, 4) is 0 Å². The number of ether oxygens (including phenoxy) is 1. The zero-order valence-electron chi connectivity index (χ0n) is 12.4. The molecule has 0 spiro atoms. The quantitative estimate of drug-likeness (QED) is 0.821. The first-order chi connectivity index (χ1) is 9.26. The maximum Gasteiger partial charge on any atom is 0.0616 e. The SMILES string of the molecule is CCNC(CCc1ccnn1C)C1CCOC1CC. The Hall–Kier alpha value is -0.870. The molecule has 3 unspecified atom stereocenters. The molecule has 1 aromatic rings. The Morgan fingerprint density at radius 3 is 3.00 bits per heavy atom. The van der Waals surface area contributed by atoms with Crippen LogP contribution in [0.1, 0.15) is 38.8 Å². The third-order valence-corrected chi connectivity index (χ3v) is 4.28. The maximum absolute atomic E-state index is 5.85. The average molecular weight is 265 g/mol. The summed E-state index contributed by atoms with van der Waals surface area (Å²) in [5.41, 5.74) is 1.31. The van der Waals surface area contributed by atoms with Crippen LogP contribution in [-0.2, 0) is 18.2 Å². The van der Waals surface area contributed by atoms with Crippen LogP contribution in [0.5, 0.6) is 0 Å². The average Bonchev–Trinajstić information content (AvgIpc) is 3.03. The monoisotopic (exact) mass is 265 g/mol. The van der Waals surface area contributed by atoms with Crippen LogP contribution in [-0.4, -0.2) is 35.1 Å². The first-order valence-electron chi connectivity index (χ1n) is 7.58. The smallest absolute Gasteiger partial charge is 0.0616 e. The molecule has 1 saturated heterocycles. The van der Waals surface area contributed by atoms with E-state index < -0.39 is 0 Å². The molecule has 0 aliphatic carbocycles. The minimum absolute atomic E-state index is 0.440. The highest BCUT2D eigenvalue weighted by Gasteiger charge is 2.32. The van der Waals surface area contributed by atoms with E-state index in [0.29, 0.717) is 18.1 Å². The van der Waals surface area contributed by atoms with Crippen LogP contribution in [0, 0.1) is 5.92 Å². The summed E-state index contributed by atoms with van der Waals surface area (Å²) in [7, 11) is 2.02. The van der Waals surface area contributed by atoms with Crippen LogP contribution < -0.4 is 5.32 Å². The lowest BCUT2D eigenvalue weighted by Gasteiger charge is -2.28. The second-order valence-corrected chi connectivity index (χ2v) is 5.42. The summed E-state index contributed by atoms with van der Waals surface area (Å²) in [5, 5.41) is 7.90. The molecule has 1 aliphatic heterocycles. The number of aromatic nitrogens is 2. The van der Waals surface area contributed by atoms with Crippen molar-refractivity contribution in [2.45, 2.75) is 51.7 Å². The van der Waals surface area contributed by atoms with Gasteiger partial charge in [-0.1, -0.05) is 13.8 Å². The predicted molar refractivity (Wildman–Crippen MR) is 77.1 cm³/mol. The Morgan fingerprint density at radius 2 is 2.37 bits per heavy atom. The van der Waals surface area contributed by atoms with E-state index >= 15 is 0 Å². The summed E-state index contributed by atoms with van der Waals surface area (Å²) in [6.07, 6.45) is 6.89. The summed E-state index contributed by atoms with van der Waals surface area (Å²) >= 11 is 0. The molecular formula is C15H27N3O. The third kappa shape index (κ3) is 3.57. The topological polar surface area (TPSA) is 39.1 Å². The van der Waals surface area contributed by atoms with E-state index in [0.717, 1.165) is 32.4 Å². The zero-order chi connectivity index (χ0) is 13.7. The van der Waals surface area contributed by atoms with Gasteiger partial charge >= 0.3 is 0 Å². The minimum atomic E-state index is 0.440. The van der Waals surface area contributed by atoms with Gasteiger partial charge in [-0.15, -0.1) is 0 Å². The standard InChI is InChI=1S/C15H27N3O/c1-4-15-13(9-11-19-15)14(16-5-2)7-6-12-8-10-17-18(12)3/h8,10,13-16H,4-7,9,11H2,1-3H3. The molecule has 1 N–H and O–H groups in total. The molecule has 4 nitrogen and oxygen atoms in total. The highest BCUT2D eigenvalue weighted by atomic mass is 16.5. The van der Waals surface area contributed by atoms with Gasteiger partial charge in [0.05, 0.1) is 6.10 Å². The van der Waals surface area contributed by atoms with Crippen molar-refractivity contribution in [2.75, 3.05) is 13.2 Å². The Labute approximate surface area is 116 Å². The highest BCUT2D eigenvalue weighted by Crippen LogP contribution is 2.28. The molecule has 0 bridgehead atoms. The van der Waals surface area contributed by atoms with Crippen molar-refractivity contribution in [3.05, 3.63) is 18.0 Å². The molecule has 0 radical (unpaired) electrons. The van der Waals surface area contributed by atoms with E-state index in [2.05, 4.69) is 30.3 Å². The van der Waals surface area contributed by atoms with Gasteiger partial charge in [0.15, 0.2) is 0 Å². The Balaban J connectivity index is 1.94. The van der Waals surface area contributed by atoms with E-state index in [1.54, 1.807) is 0 Å². The fraction of sp³-hybridized carbons (Fsp3) is 0.800. The molecule has 19 heavy (non-hydrogen) atoms. The highest BCUT2D eigenvalue weighted by molar-refractivity contribution is 5.01. The van der Waals surface area contributed by atoms with Gasteiger partial charge in [-0.3, -0.25) is 4.68 Å². The summed E-state index contributed by atoms with van der Waals surface area (Å²) in [5.74, 6) is 0.665. The van der Waals surface area contributed by atoms with Crippen LogP contribution in [0.4, 0.5) is 0 Å². The van der Waals surface area contributed by atoms with Gasteiger partial charge in [0.1, 0.15) is 0 Å².